The molecule has 0 aliphatic rings. The van der Waals surface area contributed by atoms with Gasteiger partial charge < -0.3 is 23.7 Å². The van der Waals surface area contributed by atoms with Crippen molar-refractivity contribution >= 4 is 5.91 Å². The van der Waals surface area contributed by atoms with E-state index in [4.69, 9.17) is 18.4 Å². The first-order valence-corrected chi connectivity index (χ1v) is 9.35. The van der Waals surface area contributed by atoms with E-state index >= 15 is 0 Å². The molecular weight excluding hydrogens is 384 g/mol. The number of ether oxygens (including phenoxy) is 2. The van der Waals surface area contributed by atoms with Crippen molar-refractivity contribution in [2.45, 2.75) is 13.2 Å². The highest BCUT2D eigenvalue weighted by molar-refractivity contribution is 5.92. The topological polar surface area (TPSA) is 86.7 Å². The van der Waals surface area contributed by atoms with E-state index in [1.165, 1.54) is 12.3 Å². The highest BCUT2D eigenvalue weighted by atomic mass is 16.5. The molecule has 0 fully saturated rings. The second kappa shape index (κ2) is 9.00. The average molecular weight is 404 g/mol. The molecule has 30 heavy (non-hydrogen) atoms. The molecule has 0 saturated heterocycles. The summed E-state index contributed by atoms with van der Waals surface area (Å²) in [7, 11) is 1.58. The lowest BCUT2D eigenvalue weighted by Crippen LogP contribution is -2.23. The Kier molecular flexibility index (Phi) is 5.80. The quantitative estimate of drug-likeness (QED) is 0.467. The zero-order valence-electron chi connectivity index (χ0n) is 16.3. The Morgan fingerprint density at radius 1 is 0.967 bits per heavy atom. The van der Waals surface area contributed by atoms with Gasteiger partial charge in [0.2, 0.25) is 5.76 Å². The average Bonchev–Trinajstić information content (AvgIpc) is 3.49. The number of nitrogens with one attached hydrogen (secondary N) is 1. The maximum atomic E-state index is 12.4. The van der Waals surface area contributed by atoms with Gasteiger partial charge in [0.1, 0.15) is 6.61 Å². The van der Waals surface area contributed by atoms with Crippen LogP contribution < -0.4 is 14.8 Å². The van der Waals surface area contributed by atoms with Gasteiger partial charge in [-0.3, -0.25) is 4.79 Å². The first-order valence-electron chi connectivity index (χ1n) is 9.35. The SMILES string of the molecule is COc1cc(CNC(=O)c2cc(-c3ccco3)on2)ccc1OCc1ccccc1. The van der Waals surface area contributed by atoms with Crippen LogP contribution in [0.2, 0.25) is 0 Å². The van der Waals surface area contributed by atoms with Gasteiger partial charge >= 0.3 is 0 Å². The van der Waals surface area contributed by atoms with E-state index in [-0.39, 0.29) is 11.6 Å². The maximum Gasteiger partial charge on any atom is 0.273 e. The predicted molar refractivity (Wildman–Crippen MR) is 109 cm³/mol. The number of nitrogens with zero attached hydrogens (tertiary/aromatic N) is 1. The number of carbonyl (C=O) groups excluding carboxylic acids is 1. The molecule has 0 atom stereocenters. The summed E-state index contributed by atoms with van der Waals surface area (Å²) in [5.74, 6) is 1.79. The van der Waals surface area contributed by atoms with Gasteiger partial charge in [-0.1, -0.05) is 41.6 Å². The van der Waals surface area contributed by atoms with E-state index < -0.39 is 0 Å². The fourth-order valence-corrected chi connectivity index (χ4v) is 2.87. The van der Waals surface area contributed by atoms with Crippen LogP contribution in [0.1, 0.15) is 21.6 Å². The normalized spacial score (nSPS) is 10.6. The number of aromatic nitrogens is 1. The van der Waals surface area contributed by atoms with Crippen molar-refractivity contribution < 1.29 is 23.2 Å². The van der Waals surface area contributed by atoms with Crippen LogP contribution in [0, 0.1) is 0 Å². The zero-order chi connectivity index (χ0) is 20.8. The fraction of sp³-hybridized carbons (Fsp3) is 0.130. The molecule has 2 heterocycles. The Hall–Kier alpha value is -4.00. The number of hydrogen-bond donors (Lipinski definition) is 1. The first-order chi connectivity index (χ1) is 14.7. The number of methoxy groups -OCH3 is 1. The molecule has 0 bridgehead atoms. The van der Waals surface area contributed by atoms with Crippen LogP contribution in [0.15, 0.2) is 81.9 Å². The Labute approximate surface area is 173 Å². The van der Waals surface area contributed by atoms with Crippen LogP contribution in [-0.4, -0.2) is 18.2 Å². The van der Waals surface area contributed by atoms with Crippen LogP contribution in [0.25, 0.3) is 11.5 Å². The molecule has 0 aliphatic heterocycles. The third kappa shape index (κ3) is 4.52. The Morgan fingerprint density at radius 2 is 1.83 bits per heavy atom. The fourth-order valence-electron chi connectivity index (χ4n) is 2.87. The number of furan rings is 1. The summed E-state index contributed by atoms with van der Waals surface area (Å²) in [4.78, 5) is 12.4. The van der Waals surface area contributed by atoms with Crippen molar-refractivity contribution in [1.29, 1.82) is 0 Å². The second-order valence-corrected chi connectivity index (χ2v) is 6.50. The van der Waals surface area contributed by atoms with Gasteiger partial charge in [-0.15, -0.1) is 0 Å². The molecule has 7 heteroatoms. The summed E-state index contributed by atoms with van der Waals surface area (Å²) in [6, 6.07) is 20.4. The van der Waals surface area contributed by atoms with Crippen LogP contribution in [-0.2, 0) is 13.2 Å². The molecule has 0 unspecified atom stereocenters. The Morgan fingerprint density at radius 3 is 2.60 bits per heavy atom. The lowest BCUT2D eigenvalue weighted by atomic mass is 10.2. The van der Waals surface area contributed by atoms with Gasteiger partial charge in [-0.2, -0.15) is 0 Å². The molecule has 4 aromatic rings. The monoisotopic (exact) mass is 404 g/mol. The molecule has 2 aromatic carbocycles. The van der Waals surface area contributed by atoms with Crippen LogP contribution in [0.3, 0.4) is 0 Å². The largest absolute Gasteiger partial charge is 0.493 e. The predicted octanol–water partition coefficient (Wildman–Crippen LogP) is 4.45. The summed E-state index contributed by atoms with van der Waals surface area (Å²) in [5, 5.41) is 6.61. The van der Waals surface area contributed by atoms with Crippen molar-refractivity contribution in [2.24, 2.45) is 0 Å². The van der Waals surface area contributed by atoms with E-state index in [9.17, 15) is 4.79 Å². The van der Waals surface area contributed by atoms with Crippen LogP contribution >= 0.6 is 0 Å². The van der Waals surface area contributed by atoms with E-state index in [0.717, 1.165) is 11.1 Å². The molecule has 0 radical (unpaired) electrons. The maximum absolute atomic E-state index is 12.4. The number of amides is 1. The molecule has 1 N–H and O–H groups in total. The smallest absolute Gasteiger partial charge is 0.273 e. The van der Waals surface area contributed by atoms with Gasteiger partial charge in [-0.05, 0) is 35.4 Å². The molecular formula is C23H20N2O5. The highest BCUT2D eigenvalue weighted by Gasteiger charge is 2.15. The number of hydrogen-bond acceptors (Lipinski definition) is 6. The molecule has 152 valence electrons. The lowest BCUT2D eigenvalue weighted by molar-refractivity contribution is 0.0942. The Bertz CT molecular complexity index is 1100. The third-order valence-electron chi connectivity index (χ3n) is 4.43. The van der Waals surface area contributed by atoms with E-state index in [2.05, 4.69) is 10.5 Å². The van der Waals surface area contributed by atoms with Crippen molar-refractivity contribution in [2.75, 3.05) is 7.11 Å². The molecule has 1 amide bonds. The van der Waals surface area contributed by atoms with E-state index in [1.807, 2.05) is 48.5 Å². The van der Waals surface area contributed by atoms with Crippen LogP contribution in [0.5, 0.6) is 11.5 Å². The number of carbonyl (C=O) groups is 1. The van der Waals surface area contributed by atoms with Gasteiger partial charge in [0.05, 0.1) is 13.4 Å². The highest BCUT2D eigenvalue weighted by Crippen LogP contribution is 2.29. The summed E-state index contributed by atoms with van der Waals surface area (Å²) in [5.41, 5.74) is 2.11. The molecule has 2 aromatic heterocycles. The zero-order valence-corrected chi connectivity index (χ0v) is 16.3. The van der Waals surface area contributed by atoms with Crippen molar-refractivity contribution in [3.8, 4) is 23.0 Å². The molecule has 0 aliphatic carbocycles. The molecule has 7 nitrogen and oxygen atoms in total. The van der Waals surface area contributed by atoms with Gasteiger partial charge in [-0.25, -0.2) is 0 Å². The van der Waals surface area contributed by atoms with Crippen molar-refractivity contribution in [3.63, 3.8) is 0 Å². The first kappa shape index (κ1) is 19.3. The van der Waals surface area contributed by atoms with Crippen LogP contribution in [0.4, 0.5) is 0 Å². The minimum atomic E-state index is -0.347. The molecule has 4 rings (SSSR count). The summed E-state index contributed by atoms with van der Waals surface area (Å²) in [6.07, 6.45) is 1.53. The number of benzene rings is 2. The Balaban J connectivity index is 1.37. The summed E-state index contributed by atoms with van der Waals surface area (Å²) >= 11 is 0. The minimum absolute atomic E-state index is 0.177. The van der Waals surface area contributed by atoms with E-state index in [0.29, 0.717) is 36.2 Å². The minimum Gasteiger partial charge on any atom is -0.493 e. The molecule has 0 saturated carbocycles. The molecule has 0 spiro atoms. The standard InChI is InChI=1S/C23H20N2O5/c1-27-21-12-17(9-10-20(21)29-15-16-6-3-2-4-7-16)14-24-23(26)18-13-22(30-25-18)19-8-5-11-28-19/h2-13H,14-15H2,1H3,(H,24,26). The number of rotatable bonds is 8. The van der Waals surface area contributed by atoms with Crippen molar-refractivity contribution in [3.05, 3.63) is 89.8 Å². The van der Waals surface area contributed by atoms with Gasteiger partial charge in [0.15, 0.2) is 23.0 Å². The second-order valence-electron chi connectivity index (χ2n) is 6.50. The summed E-state index contributed by atoms with van der Waals surface area (Å²) in [6.45, 7) is 0.745. The van der Waals surface area contributed by atoms with E-state index in [1.54, 1.807) is 19.2 Å². The van der Waals surface area contributed by atoms with Gasteiger partial charge in [0, 0.05) is 12.6 Å². The lowest BCUT2D eigenvalue weighted by Gasteiger charge is -2.12. The summed E-state index contributed by atoms with van der Waals surface area (Å²) < 4.78 is 21.7. The third-order valence-corrected chi connectivity index (χ3v) is 4.43. The van der Waals surface area contributed by atoms with Crippen molar-refractivity contribution in [1.82, 2.24) is 10.5 Å². The van der Waals surface area contributed by atoms with Gasteiger partial charge in [0.25, 0.3) is 5.91 Å².